The van der Waals surface area contributed by atoms with Gasteiger partial charge in [0.25, 0.3) is 0 Å². The van der Waals surface area contributed by atoms with Crippen LogP contribution in [-0.2, 0) is 6.54 Å². The van der Waals surface area contributed by atoms with Crippen molar-refractivity contribution in [2.45, 2.75) is 13.5 Å². The number of aryl methyl sites for hydroxylation is 1. The molecule has 4 aromatic rings. The first-order chi connectivity index (χ1) is 11.7. The zero-order chi connectivity index (χ0) is 16.5. The van der Waals surface area contributed by atoms with Gasteiger partial charge in [0.1, 0.15) is 5.82 Å². The molecule has 2 nitrogen and oxygen atoms in total. The van der Waals surface area contributed by atoms with Gasteiger partial charge in [-0.25, -0.2) is 4.98 Å². The lowest BCUT2D eigenvalue weighted by Crippen LogP contribution is -2.01. The maximum Gasteiger partial charge on any atom is 0.107 e. The van der Waals surface area contributed by atoms with Crippen molar-refractivity contribution in [2.75, 3.05) is 0 Å². The smallest absolute Gasteiger partial charge is 0.107 e. The maximum absolute atomic E-state index is 4.64. The van der Waals surface area contributed by atoms with E-state index in [1.165, 1.54) is 22.2 Å². The summed E-state index contributed by atoms with van der Waals surface area (Å²) in [4.78, 5) is 4.64. The van der Waals surface area contributed by atoms with Gasteiger partial charge in [0, 0.05) is 11.0 Å². The Hall–Kier alpha value is -2.39. The zero-order valence-corrected chi connectivity index (χ0v) is 15.0. The monoisotopic (exact) mass is 376 g/mol. The van der Waals surface area contributed by atoms with Crippen LogP contribution in [-0.4, -0.2) is 9.55 Å². The van der Waals surface area contributed by atoms with Gasteiger partial charge in [0.05, 0.1) is 11.0 Å². The lowest BCUT2D eigenvalue weighted by atomic mass is 10.0. The fourth-order valence-electron chi connectivity index (χ4n) is 3.06. The Morgan fingerprint density at radius 2 is 1.58 bits per heavy atom. The normalized spacial score (nSPS) is 11.1. The number of rotatable bonds is 3. The van der Waals surface area contributed by atoms with Gasteiger partial charge in [-0.3, -0.25) is 0 Å². The van der Waals surface area contributed by atoms with Crippen LogP contribution in [0, 0.1) is 6.92 Å². The van der Waals surface area contributed by atoms with Gasteiger partial charge < -0.3 is 4.57 Å². The molecular weight excluding hydrogens is 360 g/mol. The first-order valence-corrected chi connectivity index (χ1v) is 8.77. The van der Waals surface area contributed by atoms with Crippen molar-refractivity contribution in [2.24, 2.45) is 0 Å². The summed E-state index contributed by atoms with van der Waals surface area (Å²) in [5.41, 5.74) is 5.95. The van der Waals surface area contributed by atoms with E-state index >= 15 is 0 Å². The molecule has 118 valence electrons. The molecule has 0 bridgehead atoms. The Labute approximate surface area is 149 Å². The van der Waals surface area contributed by atoms with Crippen LogP contribution >= 0.6 is 15.9 Å². The third-order valence-corrected chi connectivity index (χ3v) is 5.02. The first-order valence-electron chi connectivity index (χ1n) is 7.98. The van der Waals surface area contributed by atoms with Gasteiger partial charge in [-0.1, -0.05) is 70.5 Å². The summed E-state index contributed by atoms with van der Waals surface area (Å²) in [6.45, 7) is 2.90. The summed E-state index contributed by atoms with van der Waals surface area (Å²) in [6.07, 6.45) is 0. The minimum Gasteiger partial charge on any atom is -0.324 e. The minimum absolute atomic E-state index is 0.836. The fourth-order valence-corrected chi connectivity index (χ4v) is 3.58. The second kappa shape index (κ2) is 6.25. The molecule has 4 rings (SSSR count). The summed E-state index contributed by atoms with van der Waals surface area (Å²) in [7, 11) is 0. The molecule has 0 fully saturated rings. The summed E-state index contributed by atoms with van der Waals surface area (Å²) in [5, 5.41) is 0. The molecule has 3 aromatic carbocycles. The van der Waals surface area contributed by atoms with Gasteiger partial charge in [0.15, 0.2) is 0 Å². The SMILES string of the molecule is Cc1nc2ccccc2n1Cc1ccc(-c2ccccc2Br)cc1. The lowest BCUT2D eigenvalue weighted by Gasteiger charge is -2.09. The highest BCUT2D eigenvalue weighted by Crippen LogP contribution is 2.28. The highest BCUT2D eigenvalue weighted by molar-refractivity contribution is 9.10. The summed E-state index contributed by atoms with van der Waals surface area (Å²) in [5.74, 6) is 1.05. The van der Waals surface area contributed by atoms with Crippen molar-refractivity contribution in [3.63, 3.8) is 0 Å². The molecule has 0 amide bonds. The van der Waals surface area contributed by atoms with Crippen molar-refractivity contribution in [3.05, 3.63) is 88.7 Å². The number of hydrogen-bond acceptors (Lipinski definition) is 1. The summed E-state index contributed by atoms with van der Waals surface area (Å²) < 4.78 is 3.39. The number of fused-ring (bicyclic) bond motifs is 1. The molecule has 0 radical (unpaired) electrons. The highest BCUT2D eigenvalue weighted by atomic mass is 79.9. The Morgan fingerprint density at radius 1 is 0.875 bits per heavy atom. The summed E-state index contributed by atoms with van der Waals surface area (Å²) in [6, 6.07) is 25.4. The molecule has 0 saturated carbocycles. The Balaban J connectivity index is 1.66. The lowest BCUT2D eigenvalue weighted by molar-refractivity contribution is 0.786. The Morgan fingerprint density at radius 3 is 2.38 bits per heavy atom. The predicted octanol–water partition coefficient (Wildman–Crippen LogP) is 5.82. The predicted molar refractivity (Wildman–Crippen MR) is 103 cm³/mol. The number of imidazole rings is 1. The molecule has 0 atom stereocenters. The van der Waals surface area contributed by atoms with E-state index in [9.17, 15) is 0 Å². The molecule has 0 spiro atoms. The molecule has 0 aliphatic rings. The van der Waals surface area contributed by atoms with Crippen molar-refractivity contribution in [1.29, 1.82) is 0 Å². The van der Waals surface area contributed by atoms with Crippen LogP contribution in [0.1, 0.15) is 11.4 Å². The van der Waals surface area contributed by atoms with E-state index in [2.05, 4.69) is 93.1 Å². The van der Waals surface area contributed by atoms with E-state index in [-0.39, 0.29) is 0 Å². The third kappa shape index (κ3) is 2.76. The first kappa shape index (κ1) is 15.2. The van der Waals surface area contributed by atoms with E-state index in [4.69, 9.17) is 0 Å². The quantitative estimate of drug-likeness (QED) is 0.440. The Kier molecular flexibility index (Phi) is 3.95. The number of nitrogens with zero attached hydrogens (tertiary/aromatic N) is 2. The molecule has 3 heteroatoms. The summed E-state index contributed by atoms with van der Waals surface area (Å²) >= 11 is 3.62. The van der Waals surface area contributed by atoms with E-state index < -0.39 is 0 Å². The van der Waals surface area contributed by atoms with E-state index in [0.29, 0.717) is 0 Å². The maximum atomic E-state index is 4.64. The average molecular weight is 377 g/mol. The van der Waals surface area contributed by atoms with E-state index in [0.717, 1.165) is 22.4 Å². The topological polar surface area (TPSA) is 17.8 Å². The second-order valence-electron chi connectivity index (χ2n) is 5.91. The van der Waals surface area contributed by atoms with Crippen molar-refractivity contribution in [3.8, 4) is 11.1 Å². The number of halogens is 1. The van der Waals surface area contributed by atoms with Crippen molar-refractivity contribution in [1.82, 2.24) is 9.55 Å². The Bertz CT molecular complexity index is 1000. The van der Waals surface area contributed by atoms with Gasteiger partial charge in [-0.05, 0) is 41.8 Å². The van der Waals surface area contributed by atoms with Gasteiger partial charge in [-0.15, -0.1) is 0 Å². The molecule has 0 aliphatic carbocycles. The van der Waals surface area contributed by atoms with Crippen LogP contribution in [0.5, 0.6) is 0 Å². The molecule has 24 heavy (non-hydrogen) atoms. The number of aromatic nitrogens is 2. The molecule has 1 aromatic heterocycles. The fraction of sp³-hybridized carbons (Fsp3) is 0.0952. The van der Waals surface area contributed by atoms with Crippen LogP contribution in [0.15, 0.2) is 77.3 Å². The van der Waals surface area contributed by atoms with Crippen molar-refractivity contribution < 1.29 is 0 Å². The molecule has 0 N–H and O–H groups in total. The molecular formula is C21H17BrN2. The standard InChI is InChI=1S/C21H17BrN2/c1-15-23-20-8-4-5-9-21(20)24(15)14-16-10-12-17(13-11-16)18-6-2-3-7-19(18)22/h2-13H,14H2,1H3. The average Bonchev–Trinajstić information content (AvgIpc) is 2.92. The van der Waals surface area contributed by atoms with Crippen molar-refractivity contribution >= 4 is 27.0 Å². The van der Waals surface area contributed by atoms with Crippen LogP contribution in [0.2, 0.25) is 0 Å². The van der Waals surface area contributed by atoms with Crippen LogP contribution in [0.25, 0.3) is 22.2 Å². The molecule has 0 unspecified atom stereocenters. The minimum atomic E-state index is 0.836. The molecule has 1 heterocycles. The number of para-hydroxylation sites is 2. The largest absolute Gasteiger partial charge is 0.324 e. The second-order valence-corrected chi connectivity index (χ2v) is 6.76. The number of hydrogen-bond donors (Lipinski definition) is 0. The molecule has 0 aliphatic heterocycles. The molecule has 0 saturated heterocycles. The van der Waals surface area contributed by atoms with Gasteiger partial charge >= 0.3 is 0 Å². The highest BCUT2D eigenvalue weighted by Gasteiger charge is 2.08. The van der Waals surface area contributed by atoms with Crippen LogP contribution < -0.4 is 0 Å². The zero-order valence-electron chi connectivity index (χ0n) is 13.4. The van der Waals surface area contributed by atoms with E-state index in [1.54, 1.807) is 0 Å². The van der Waals surface area contributed by atoms with Crippen LogP contribution in [0.3, 0.4) is 0 Å². The van der Waals surface area contributed by atoms with Crippen LogP contribution in [0.4, 0.5) is 0 Å². The third-order valence-electron chi connectivity index (χ3n) is 4.32. The van der Waals surface area contributed by atoms with Gasteiger partial charge in [0.2, 0.25) is 0 Å². The van der Waals surface area contributed by atoms with Gasteiger partial charge in [-0.2, -0.15) is 0 Å². The van der Waals surface area contributed by atoms with E-state index in [1.807, 2.05) is 12.1 Å². The number of benzene rings is 3.